The van der Waals surface area contributed by atoms with Crippen LogP contribution in [0.15, 0.2) is 53.4 Å². The van der Waals surface area contributed by atoms with Crippen LogP contribution in [0.2, 0.25) is 0 Å². The summed E-state index contributed by atoms with van der Waals surface area (Å²) in [6.45, 7) is 0. The molecule has 1 radical (unpaired) electrons. The monoisotopic (exact) mass is 257 g/mol. The van der Waals surface area contributed by atoms with E-state index in [1.54, 1.807) is 18.2 Å². The Balaban J connectivity index is 2.39. The largest absolute Gasteiger partial charge is 0.224 e. The van der Waals surface area contributed by atoms with Gasteiger partial charge in [-0.25, -0.2) is 8.42 Å². The lowest BCUT2D eigenvalue weighted by atomic mass is 10.1. The normalized spacial score (nSPS) is 11.8. The molecule has 2 rings (SSSR count). The van der Waals surface area contributed by atoms with E-state index in [1.807, 2.05) is 42.5 Å². The molecule has 0 spiro atoms. The molecular formula is C15H13O2S. The summed E-state index contributed by atoms with van der Waals surface area (Å²) in [7, 11) is -3.20. The van der Waals surface area contributed by atoms with Crippen LogP contribution in [0.1, 0.15) is 11.1 Å². The molecule has 0 amide bonds. The van der Waals surface area contributed by atoms with Gasteiger partial charge in [0.1, 0.15) is 0 Å². The van der Waals surface area contributed by atoms with E-state index in [-0.39, 0.29) is 0 Å². The van der Waals surface area contributed by atoms with E-state index in [0.29, 0.717) is 10.5 Å². The van der Waals surface area contributed by atoms with Crippen molar-refractivity contribution >= 4 is 22.0 Å². The van der Waals surface area contributed by atoms with Crippen LogP contribution in [0.25, 0.3) is 12.2 Å². The lowest BCUT2D eigenvalue weighted by Crippen LogP contribution is -1.99. The van der Waals surface area contributed by atoms with Crippen LogP contribution in [-0.4, -0.2) is 14.7 Å². The first-order chi connectivity index (χ1) is 8.57. The molecule has 91 valence electrons. The fourth-order valence-corrected chi connectivity index (χ4v) is 2.54. The standard InChI is InChI=1S/C15H13O2S/c1-18(16,17)15-10-6-5-9-14(15)12-11-13-7-3-2-4-8-13/h3-12H,1H3/b12-11+. The Hall–Kier alpha value is -1.87. The van der Waals surface area contributed by atoms with Crippen LogP contribution in [0, 0.1) is 6.07 Å². The number of benzene rings is 2. The van der Waals surface area contributed by atoms with Crippen LogP contribution in [0.3, 0.4) is 0 Å². The van der Waals surface area contributed by atoms with Crippen molar-refractivity contribution in [2.24, 2.45) is 0 Å². The van der Waals surface area contributed by atoms with Crippen molar-refractivity contribution in [3.8, 4) is 0 Å². The fraction of sp³-hybridized carbons (Fsp3) is 0.0667. The van der Waals surface area contributed by atoms with E-state index >= 15 is 0 Å². The molecule has 0 bridgehead atoms. The molecule has 2 aromatic carbocycles. The van der Waals surface area contributed by atoms with E-state index in [2.05, 4.69) is 6.07 Å². The SMILES string of the molecule is CS(=O)(=O)c1ccccc1/C=C/c1cc[c]cc1. The Morgan fingerprint density at radius 1 is 1.00 bits per heavy atom. The topological polar surface area (TPSA) is 34.1 Å². The predicted molar refractivity (Wildman–Crippen MR) is 73.8 cm³/mol. The Morgan fingerprint density at radius 2 is 1.67 bits per heavy atom. The number of hydrogen-bond donors (Lipinski definition) is 0. The average molecular weight is 257 g/mol. The zero-order valence-electron chi connectivity index (χ0n) is 10.00. The second-order valence-electron chi connectivity index (χ2n) is 3.98. The number of hydrogen-bond acceptors (Lipinski definition) is 2. The lowest BCUT2D eigenvalue weighted by molar-refractivity contribution is 0.601. The summed E-state index contributed by atoms with van der Waals surface area (Å²) in [4.78, 5) is 0.351. The maximum absolute atomic E-state index is 11.6. The Labute approximate surface area is 108 Å². The van der Waals surface area contributed by atoms with Gasteiger partial charge in [0, 0.05) is 6.26 Å². The summed E-state index contributed by atoms with van der Waals surface area (Å²) < 4.78 is 23.3. The summed E-state index contributed by atoms with van der Waals surface area (Å²) in [5.41, 5.74) is 1.71. The van der Waals surface area contributed by atoms with Gasteiger partial charge in [-0.2, -0.15) is 0 Å². The second-order valence-corrected chi connectivity index (χ2v) is 5.96. The molecule has 2 nitrogen and oxygen atoms in total. The van der Waals surface area contributed by atoms with Gasteiger partial charge in [-0.3, -0.25) is 0 Å². The van der Waals surface area contributed by atoms with Gasteiger partial charge in [-0.05, 0) is 23.3 Å². The van der Waals surface area contributed by atoms with E-state index in [0.717, 1.165) is 5.56 Å². The lowest BCUT2D eigenvalue weighted by Gasteiger charge is -2.02. The number of rotatable bonds is 3. The molecule has 0 unspecified atom stereocenters. The van der Waals surface area contributed by atoms with Crippen molar-refractivity contribution in [2.75, 3.05) is 6.26 Å². The van der Waals surface area contributed by atoms with Gasteiger partial charge in [0.25, 0.3) is 0 Å². The summed E-state index contributed by atoms with van der Waals surface area (Å²) in [5, 5.41) is 0. The Kier molecular flexibility index (Phi) is 3.63. The molecule has 0 atom stereocenters. The highest BCUT2D eigenvalue weighted by atomic mass is 32.2. The highest BCUT2D eigenvalue weighted by molar-refractivity contribution is 7.90. The summed E-state index contributed by atoms with van der Waals surface area (Å²) in [6, 6.07) is 17.4. The van der Waals surface area contributed by atoms with Crippen LogP contribution < -0.4 is 0 Å². The molecular weight excluding hydrogens is 244 g/mol. The molecule has 3 heteroatoms. The molecule has 0 saturated heterocycles. The maximum atomic E-state index is 11.6. The van der Waals surface area contributed by atoms with Crippen molar-refractivity contribution in [3.05, 3.63) is 65.7 Å². The number of sulfone groups is 1. The quantitative estimate of drug-likeness (QED) is 0.792. The fourth-order valence-electron chi connectivity index (χ4n) is 1.65. The van der Waals surface area contributed by atoms with E-state index < -0.39 is 9.84 Å². The highest BCUT2D eigenvalue weighted by Crippen LogP contribution is 2.17. The molecule has 0 fully saturated rings. The summed E-state index contributed by atoms with van der Waals surface area (Å²) in [5.74, 6) is 0. The van der Waals surface area contributed by atoms with Gasteiger partial charge in [0.15, 0.2) is 9.84 Å². The third-order valence-electron chi connectivity index (χ3n) is 2.52. The molecule has 0 aliphatic rings. The third kappa shape index (κ3) is 3.08. The average Bonchev–Trinajstić information content (AvgIpc) is 2.37. The minimum Gasteiger partial charge on any atom is -0.224 e. The van der Waals surface area contributed by atoms with Crippen molar-refractivity contribution in [2.45, 2.75) is 4.90 Å². The van der Waals surface area contributed by atoms with Crippen LogP contribution >= 0.6 is 0 Å². The zero-order chi connectivity index (χ0) is 13.0. The second kappa shape index (κ2) is 5.19. The molecule has 18 heavy (non-hydrogen) atoms. The molecule has 0 N–H and O–H groups in total. The molecule has 0 aliphatic carbocycles. The van der Waals surface area contributed by atoms with Gasteiger partial charge in [0.2, 0.25) is 0 Å². The van der Waals surface area contributed by atoms with Crippen molar-refractivity contribution < 1.29 is 8.42 Å². The first-order valence-electron chi connectivity index (χ1n) is 5.51. The van der Waals surface area contributed by atoms with E-state index in [1.165, 1.54) is 6.26 Å². The van der Waals surface area contributed by atoms with Crippen molar-refractivity contribution in [1.29, 1.82) is 0 Å². The predicted octanol–water partition coefficient (Wildman–Crippen LogP) is 3.06. The third-order valence-corrected chi connectivity index (χ3v) is 3.69. The van der Waals surface area contributed by atoms with Gasteiger partial charge in [-0.1, -0.05) is 54.6 Å². The first-order valence-corrected chi connectivity index (χ1v) is 7.40. The van der Waals surface area contributed by atoms with Crippen molar-refractivity contribution in [3.63, 3.8) is 0 Å². The first kappa shape index (κ1) is 12.6. The van der Waals surface area contributed by atoms with E-state index in [9.17, 15) is 8.42 Å². The van der Waals surface area contributed by atoms with Crippen LogP contribution in [0.5, 0.6) is 0 Å². The molecule has 0 aromatic heterocycles. The van der Waals surface area contributed by atoms with Gasteiger partial charge in [-0.15, -0.1) is 0 Å². The Morgan fingerprint density at radius 3 is 2.33 bits per heavy atom. The van der Waals surface area contributed by atoms with Crippen LogP contribution in [0.4, 0.5) is 0 Å². The van der Waals surface area contributed by atoms with Gasteiger partial charge in [0.05, 0.1) is 4.90 Å². The summed E-state index contributed by atoms with van der Waals surface area (Å²) in [6.07, 6.45) is 4.92. The minimum absolute atomic E-state index is 0.351. The zero-order valence-corrected chi connectivity index (χ0v) is 10.8. The molecule has 0 aliphatic heterocycles. The highest BCUT2D eigenvalue weighted by Gasteiger charge is 2.09. The van der Waals surface area contributed by atoms with Crippen molar-refractivity contribution in [1.82, 2.24) is 0 Å². The van der Waals surface area contributed by atoms with E-state index in [4.69, 9.17) is 0 Å². The maximum Gasteiger partial charge on any atom is 0.176 e. The van der Waals surface area contributed by atoms with Gasteiger partial charge < -0.3 is 0 Å². The molecule has 0 heterocycles. The molecule has 2 aromatic rings. The Bertz CT molecular complexity index is 656. The summed E-state index contributed by atoms with van der Waals surface area (Å²) >= 11 is 0. The molecule has 0 saturated carbocycles. The van der Waals surface area contributed by atoms with Crippen LogP contribution in [-0.2, 0) is 9.84 Å². The van der Waals surface area contributed by atoms with Gasteiger partial charge >= 0.3 is 0 Å². The smallest absolute Gasteiger partial charge is 0.176 e. The minimum atomic E-state index is -3.20.